The molecule has 1 amide bonds. The molecule has 20 heavy (non-hydrogen) atoms. The molecule has 0 aliphatic carbocycles. The van der Waals surface area contributed by atoms with Gasteiger partial charge in [0.05, 0.1) is 10.9 Å². The normalized spacial score (nSPS) is 14.7. The second-order valence-electron chi connectivity index (χ2n) is 4.93. The van der Waals surface area contributed by atoms with Crippen LogP contribution < -0.4 is 10.5 Å². The van der Waals surface area contributed by atoms with Gasteiger partial charge in [0.1, 0.15) is 0 Å². The van der Waals surface area contributed by atoms with Crippen molar-refractivity contribution in [3.05, 3.63) is 29.8 Å². The number of rotatable bonds is 5. The monoisotopic (exact) mass is 299 g/mol. The SMILES string of the molecule is CC(NS(=O)(=O)c1ccc(C(C)N)cc1)C(=O)N(C)C. The molecular weight excluding hydrogens is 278 g/mol. The molecule has 1 aromatic rings. The van der Waals surface area contributed by atoms with Crippen LogP contribution in [-0.4, -0.2) is 39.4 Å². The molecule has 0 heterocycles. The van der Waals surface area contributed by atoms with Gasteiger partial charge in [-0.05, 0) is 31.5 Å². The summed E-state index contributed by atoms with van der Waals surface area (Å²) < 4.78 is 26.6. The molecular formula is C13H21N3O3S. The molecule has 1 rings (SSSR count). The van der Waals surface area contributed by atoms with Gasteiger partial charge in [-0.1, -0.05) is 12.1 Å². The first kappa shape index (κ1) is 16.6. The van der Waals surface area contributed by atoms with Crippen LogP contribution in [0.15, 0.2) is 29.2 Å². The van der Waals surface area contributed by atoms with Gasteiger partial charge in [0, 0.05) is 20.1 Å². The van der Waals surface area contributed by atoms with Crippen molar-refractivity contribution < 1.29 is 13.2 Å². The van der Waals surface area contributed by atoms with Gasteiger partial charge in [-0.25, -0.2) is 8.42 Å². The van der Waals surface area contributed by atoms with Crippen molar-refractivity contribution in [3.63, 3.8) is 0 Å². The van der Waals surface area contributed by atoms with Gasteiger partial charge in [-0.15, -0.1) is 0 Å². The summed E-state index contributed by atoms with van der Waals surface area (Å²) in [5.74, 6) is -0.305. The molecule has 0 spiro atoms. The van der Waals surface area contributed by atoms with E-state index in [2.05, 4.69) is 4.72 Å². The molecule has 0 fully saturated rings. The first-order valence-electron chi connectivity index (χ1n) is 6.24. The number of carbonyl (C=O) groups is 1. The van der Waals surface area contributed by atoms with Crippen LogP contribution in [0.5, 0.6) is 0 Å². The summed E-state index contributed by atoms with van der Waals surface area (Å²) in [6, 6.07) is 5.31. The fraction of sp³-hybridized carbons (Fsp3) is 0.462. The van der Waals surface area contributed by atoms with Gasteiger partial charge in [-0.3, -0.25) is 4.79 Å². The first-order chi connectivity index (χ1) is 9.15. The number of nitrogens with one attached hydrogen (secondary N) is 1. The van der Waals surface area contributed by atoms with E-state index in [4.69, 9.17) is 5.73 Å². The van der Waals surface area contributed by atoms with E-state index in [0.29, 0.717) is 0 Å². The number of hydrogen-bond acceptors (Lipinski definition) is 4. The number of likely N-dealkylation sites (N-methyl/N-ethyl adjacent to an activating group) is 1. The minimum atomic E-state index is -3.72. The Hall–Kier alpha value is -1.44. The van der Waals surface area contributed by atoms with Crippen molar-refractivity contribution in [3.8, 4) is 0 Å². The lowest BCUT2D eigenvalue weighted by Gasteiger charge is -2.18. The first-order valence-corrected chi connectivity index (χ1v) is 7.72. The van der Waals surface area contributed by atoms with Gasteiger partial charge >= 0.3 is 0 Å². The molecule has 1 aromatic carbocycles. The third-order valence-electron chi connectivity index (χ3n) is 2.86. The van der Waals surface area contributed by atoms with Gasteiger partial charge in [0.25, 0.3) is 0 Å². The van der Waals surface area contributed by atoms with Crippen LogP contribution in [-0.2, 0) is 14.8 Å². The Morgan fingerprint density at radius 2 is 1.70 bits per heavy atom. The number of nitrogens with two attached hydrogens (primary N) is 1. The second kappa shape index (κ2) is 6.34. The minimum Gasteiger partial charge on any atom is -0.347 e. The summed E-state index contributed by atoms with van der Waals surface area (Å²) in [6.45, 7) is 3.33. The topological polar surface area (TPSA) is 92.5 Å². The number of hydrogen-bond donors (Lipinski definition) is 2. The average Bonchev–Trinajstić information content (AvgIpc) is 2.37. The van der Waals surface area contributed by atoms with Crippen LogP contribution in [0.25, 0.3) is 0 Å². The lowest BCUT2D eigenvalue weighted by molar-refractivity contribution is -0.130. The zero-order chi connectivity index (χ0) is 15.5. The molecule has 2 unspecified atom stereocenters. The van der Waals surface area contributed by atoms with E-state index in [-0.39, 0.29) is 16.8 Å². The largest absolute Gasteiger partial charge is 0.347 e. The lowest BCUT2D eigenvalue weighted by atomic mass is 10.1. The number of benzene rings is 1. The molecule has 7 heteroatoms. The lowest BCUT2D eigenvalue weighted by Crippen LogP contribution is -2.44. The fourth-order valence-corrected chi connectivity index (χ4v) is 2.89. The molecule has 0 saturated heterocycles. The van der Waals surface area contributed by atoms with E-state index >= 15 is 0 Å². The highest BCUT2D eigenvalue weighted by Gasteiger charge is 2.23. The van der Waals surface area contributed by atoms with Crippen molar-refractivity contribution >= 4 is 15.9 Å². The van der Waals surface area contributed by atoms with Crippen LogP contribution in [0.1, 0.15) is 25.5 Å². The van der Waals surface area contributed by atoms with Crippen LogP contribution in [0, 0.1) is 0 Å². The molecule has 3 N–H and O–H groups in total. The van der Waals surface area contributed by atoms with Crippen molar-refractivity contribution in [1.29, 1.82) is 0 Å². The highest BCUT2D eigenvalue weighted by Crippen LogP contribution is 2.15. The summed E-state index contributed by atoms with van der Waals surface area (Å²) in [5, 5.41) is 0. The zero-order valence-electron chi connectivity index (χ0n) is 12.1. The maximum Gasteiger partial charge on any atom is 0.241 e. The van der Waals surface area contributed by atoms with E-state index in [1.807, 2.05) is 6.92 Å². The highest BCUT2D eigenvalue weighted by atomic mass is 32.2. The fourth-order valence-electron chi connectivity index (χ4n) is 1.69. The molecule has 0 aliphatic heterocycles. The van der Waals surface area contributed by atoms with Gasteiger partial charge in [0.2, 0.25) is 15.9 Å². The Kier molecular flexibility index (Phi) is 5.27. The third-order valence-corrected chi connectivity index (χ3v) is 4.42. The highest BCUT2D eigenvalue weighted by molar-refractivity contribution is 7.89. The van der Waals surface area contributed by atoms with Crippen LogP contribution in [0.3, 0.4) is 0 Å². The summed E-state index contributed by atoms with van der Waals surface area (Å²) >= 11 is 0. The Bertz CT molecular complexity index is 565. The molecule has 0 aromatic heterocycles. The maximum absolute atomic E-state index is 12.1. The van der Waals surface area contributed by atoms with E-state index < -0.39 is 16.1 Å². The van der Waals surface area contributed by atoms with E-state index in [1.54, 1.807) is 26.2 Å². The number of nitrogens with zero attached hydrogens (tertiary/aromatic N) is 1. The molecule has 0 aliphatic rings. The predicted molar refractivity (Wildman–Crippen MR) is 77.5 cm³/mol. The number of carbonyl (C=O) groups excluding carboxylic acids is 1. The average molecular weight is 299 g/mol. The summed E-state index contributed by atoms with van der Waals surface area (Å²) in [5.41, 5.74) is 6.56. The smallest absolute Gasteiger partial charge is 0.241 e. The molecule has 0 bridgehead atoms. The molecule has 0 radical (unpaired) electrons. The Balaban J connectivity index is 2.91. The van der Waals surface area contributed by atoms with E-state index in [0.717, 1.165) is 5.56 Å². The van der Waals surface area contributed by atoms with Crippen molar-refractivity contribution in [2.75, 3.05) is 14.1 Å². The molecule has 6 nitrogen and oxygen atoms in total. The second-order valence-corrected chi connectivity index (χ2v) is 6.65. The van der Waals surface area contributed by atoms with Gasteiger partial charge in [0.15, 0.2) is 0 Å². The van der Waals surface area contributed by atoms with Crippen molar-refractivity contribution in [1.82, 2.24) is 9.62 Å². The van der Waals surface area contributed by atoms with Crippen LogP contribution >= 0.6 is 0 Å². The summed E-state index contributed by atoms with van der Waals surface area (Å²) in [4.78, 5) is 13.1. The molecule has 2 atom stereocenters. The van der Waals surface area contributed by atoms with Crippen LogP contribution in [0.4, 0.5) is 0 Å². The van der Waals surface area contributed by atoms with E-state index in [1.165, 1.54) is 24.0 Å². The third kappa shape index (κ3) is 4.03. The quantitative estimate of drug-likeness (QED) is 0.826. The summed E-state index contributed by atoms with van der Waals surface area (Å²) in [6.07, 6.45) is 0. The predicted octanol–water partition coefficient (Wildman–Crippen LogP) is 0.461. The van der Waals surface area contributed by atoms with Gasteiger partial charge < -0.3 is 10.6 Å². The molecule has 112 valence electrons. The zero-order valence-corrected chi connectivity index (χ0v) is 12.9. The maximum atomic E-state index is 12.1. The van der Waals surface area contributed by atoms with Crippen LogP contribution in [0.2, 0.25) is 0 Å². The Labute approximate surface area is 120 Å². The number of sulfonamides is 1. The van der Waals surface area contributed by atoms with E-state index in [9.17, 15) is 13.2 Å². The van der Waals surface area contributed by atoms with Crippen molar-refractivity contribution in [2.24, 2.45) is 5.73 Å². The Morgan fingerprint density at radius 3 is 2.10 bits per heavy atom. The molecule has 0 saturated carbocycles. The van der Waals surface area contributed by atoms with Gasteiger partial charge in [-0.2, -0.15) is 4.72 Å². The minimum absolute atomic E-state index is 0.111. The standard InChI is InChI=1S/C13H21N3O3S/c1-9(14)11-5-7-12(8-6-11)20(18,19)15-10(2)13(17)16(3)4/h5-10,15H,14H2,1-4H3. The number of amides is 1. The van der Waals surface area contributed by atoms with Crippen molar-refractivity contribution in [2.45, 2.75) is 30.8 Å². The summed E-state index contributed by atoms with van der Waals surface area (Å²) in [7, 11) is -0.571. The Morgan fingerprint density at radius 1 is 1.20 bits per heavy atom.